The van der Waals surface area contributed by atoms with E-state index < -0.39 is 18.5 Å². The summed E-state index contributed by atoms with van der Waals surface area (Å²) >= 11 is 0. The molecule has 1 fully saturated rings. The van der Waals surface area contributed by atoms with E-state index in [0.717, 1.165) is 24.0 Å². The van der Waals surface area contributed by atoms with Gasteiger partial charge < -0.3 is 25.6 Å². The number of carbonyl (C=O) groups is 1. The lowest BCUT2D eigenvalue weighted by Crippen LogP contribution is -2.26. The van der Waals surface area contributed by atoms with Crippen LogP contribution < -0.4 is 15.4 Å². The quantitative estimate of drug-likeness (QED) is 0.284. The van der Waals surface area contributed by atoms with Crippen LogP contribution in [0, 0.1) is 12.7 Å². The second-order valence-corrected chi connectivity index (χ2v) is 8.83. The summed E-state index contributed by atoms with van der Waals surface area (Å²) in [6.45, 7) is 1.55. The maximum atomic E-state index is 13.7. The smallest absolute Gasteiger partial charge is 0.251 e. The summed E-state index contributed by atoms with van der Waals surface area (Å²) in [6, 6.07) is 13.1. The molecule has 36 heavy (non-hydrogen) atoms. The Bertz CT molecular complexity index is 1420. The summed E-state index contributed by atoms with van der Waals surface area (Å²) in [6.07, 6.45) is 2.71. The van der Waals surface area contributed by atoms with Crippen molar-refractivity contribution >= 4 is 17.2 Å². The van der Waals surface area contributed by atoms with Gasteiger partial charge in [-0.2, -0.15) is 0 Å². The van der Waals surface area contributed by atoms with Crippen LogP contribution in [-0.2, 0) is 0 Å². The Labute approximate surface area is 206 Å². The fourth-order valence-electron chi connectivity index (χ4n) is 3.83. The average Bonchev–Trinajstić information content (AvgIpc) is 3.57. The summed E-state index contributed by atoms with van der Waals surface area (Å²) in [5, 5.41) is 29.6. The molecule has 0 saturated heterocycles. The van der Waals surface area contributed by atoms with E-state index in [1.807, 2.05) is 19.1 Å². The molecule has 4 aromatic rings. The zero-order valence-electron chi connectivity index (χ0n) is 19.6. The topological polar surface area (TPSA) is 121 Å². The van der Waals surface area contributed by atoms with Crippen molar-refractivity contribution in [2.75, 3.05) is 18.5 Å². The Morgan fingerprint density at radius 1 is 1.25 bits per heavy atom. The molecule has 1 aliphatic rings. The summed E-state index contributed by atoms with van der Waals surface area (Å²) < 4.78 is 21.1. The minimum Gasteiger partial charge on any atom is -0.437 e. The third kappa shape index (κ3) is 5.14. The molecule has 1 unspecified atom stereocenters. The number of benzene rings is 2. The number of imidazole rings is 1. The van der Waals surface area contributed by atoms with Gasteiger partial charge in [-0.1, -0.05) is 12.1 Å². The molecule has 10 heteroatoms. The van der Waals surface area contributed by atoms with E-state index in [2.05, 4.69) is 20.7 Å². The van der Waals surface area contributed by atoms with Crippen LogP contribution in [0.5, 0.6) is 11.6 Å². The van der Waals surface area contributed by atoms with Gasteiger partial charge >= 0.3 is 0 Å². The maximum Gasteiger partial charge on any atom is 0.251 e. The number of nitrogens with zero attached hydrogens (tertiary/aromatic N) is 3. The van der Waals surface area contributed by atoms with E-state index in [-0.39, 0.29) is 30.1 Å². The fraction of sp³-hybridized carbons (Fsp3) is 0.269. The first-order valence-corrected chi connectivity index (χ1v) is 11.7. The lowest BCUT2D eigenvalue weighted by Gasteiger charge is -2.14. The van der Waals surface area contributed by atoms with Gasteiger partial charge in [0.1, 0.15) is 11.6 Å². The number of hydrogen-bond donors (Lipinski definition) is 4. The molecule has 186 valence electrons. The Morgan fingerprint density at radius 2 is 2.08 bits per heavy atom. The molecule has 4 N–H and O–H groups in total. The van der Waals surface area contributed by atoms with Crippen LogP contribution in [0.3, 0.4) is 0 Å². The van der Waals surface area contributed by atoms with Crippen molar-refractivity contribution in [1.82, 2.24) is 19.9 Å². The van der Waals surface area contributed by atoms with Crippen LogP contribution in [-0.4, -0.2) is 56.0 Å². The zero-order chi connectivity index (χ0) is 25.2. The monoisotopic (exact) mass is 491 g/mol. The number of aromatic nitrogens is 3. The number of fused-ring (bicyclic) bond motifs is 1. The first kappa shape index (κ1) is 23.7. The van der Waals surface area contributed by atoms with Crippen molar-refractivity contribution in [2.45, 2.75) is 31.9 Å². The normalized spacial score (nSPS) is 14.0. The molecule has 2 aromatic heterocycles. The molecule has 2 heterocycles. The number of hydrogen-bond acceptors (Lipinski definition) is 7. The number of carbonyl (C=O) groups excluding carboxylic acids is 1. The molecular formula is C26H26FN5O4. The van der Waals surface area contributed by atoms with Gasteiger partial charge in [-0.05, 0) is 49.6 Å². The van der Waals surface area contributed by atoms with E-state index in [9.17, 15) is 19.4 Å². The summed E-state index contributed by atoms with van der Waals surface area (Å²) in [4.78, 5) is 17.0. The van der Waals surface area contributed by atoms with Crippen LogP contribution in [0.15, 0.2) is 54.7 Å². The maximum absolute atomic E-state index is 13.7. The molecule has 0 bridgehead atoms. The van der Waals surface area contributed by atoms with Gasteiger partial charge in [0.05, 0.1) is 30.3 Å². The third-order valence-corrected chi connectivity index (χ3v) is 5.88. The highest BCUT2D eigenvalue weighted by Gasteiger charge is 2.24. The average molecular weight is 492 g/mol. The molecule has 2 aromatic carbocycles. The van der Waals surface area contributed by atoms with E-state index in [4.69, 9.17) is 4.74 Å². The van der Waals surface area contributed by atoms with Gasteiger partial charge in [-0.3, -0.25) is 4.79 Å². The summed E-state index contributed by atoms with van der Waals surface area (Å²) in [7, 11) is 0. The minimum absolute atomic E-state index is 0.0711. The largest absolute Gasteiger partial charge is 0.437 e. The second-order valence-electron chi connectivity index (χ2n) is 8.83. The highest BCUT2D eigenvalue weighted by atomic mass is 19.1. The standard InChI is InChI=1S/C26H26FN5O4/c1-15-9-16(5-8-21(15)26(35)30-18-6-7-18)23-13-29-25-22(28-12-19(34)14-33)11-24(31-32(23)25)36-20-4-2-3-17(27)10-20/h2-5,8-11,13,18-19,28,33-34H,6-7,12,14H2,1H3,(H,30,35). The SMILES string of the molecule is Cc1cc(-c2cnc3c(NCC(O)CO)cc(Oc4cccc(F)c4)nn23)ccc1C(=O)NC1CC1. The van der Waals surface area contributed by atoms with Crippen molar-refractivity contribution in [3.05, 3.63) is 71.7 Å². The molecular weight excluding hydrogens is 465 g/mol. The molecule has 1 aliphatic carbocycles. The van der Waals surface area contributed by atoms with E-state index >= 15 is 0 Å². The van der Waals surface area contributed by atoms with Crippen LogP contribution in [0.1, 0.15) is 28.8 Å². The molecule has 0 radical (unpaired) electrons. The van der Waals surface area contributed by atoms with Gasteiger partial charge in [-0.15, -0.1) is 5.10 Å². The van der Waals surface area contributed by atoms with Gasteiger partial charge in [0.25, 0.3) is 5.91 Å². The number of aliphatic hydroxyl groups excluding tert-OH is 2. The highest BCUT2D eigenvalue weighted by molar-refractivity contribution is 5.96. The molecule has 0 spiro atoms. The Balaban J connectivity index is 1.52. The third-order valence-electron chi connectivity index (χ3n) is 5.88. The predicted molar refractivity (Wildman–Crippen MR) is 132 cm³/mol. The first-order chi connectivity index (χ1) is 17.4. The van der Waals surface area contributed by atoms with Crippen molar-refractivity contribution < 1.29 is 24.1 Å². The highest BCUT2D eigenvalue weighted by Crippen LogP contribution is 2.30. The molecule has 1 atom stereocenters. The predicted octanol–water partition coefficient (Wildman–Crippen LogP) is 3.29. The van der Waals surface area contributed by atoms with Crippen molar-refractivity contribution in [2.24, 2.45) is 0 Å². The van der Waals surface area contributed by atoms with Crippen molar-refractivity contribution in [1.29, 1.82) is 0 Å². The fourth-order valence-corrected chi connectivity index (χ4v) is 3.83. The van der Waals surface area contributed by atoms with E-state index in [0.29, 0.717) is 22.6 Å². The summed E-state index contributed by atoms with van der Waals surface area (Å²) in [5.74, 6) is -0.0858. The van der Waals surface area contributed by atoms with E-state index in [1.165, 1.54) is 18.2 Å². The number of rotatable bonds is 9. The zero-order valence-corrected chi connectivity index (χ0v) is 19.6. The summed E-state index contributed by atoms with van der Waals surface area (Å²) in [5.41, 5.74) is 3.85. The molecule has 0 aliphatic heterocycles. The van der Waals surface area contributed by atoms with Gasteiger partial charge in [0.15, 0.2) is 5.65 Å². The number of nitrogens with one attached hydrogen (secondary N) is 2. The second kappa shape index (κ2) is 9.92. The molecule has 9 nitrogen and oxygen atoms in total. The lowest BCUT2D eigenvalue weighted by molar-refractivity contribution is 0.0950. The van der Waals surface area contributed by atoms with Crippen LogP contribution in [0.2, 0.25) is 0 Å². The number of halogens is 1. The van der Waals surface area contributed by atoms with E-state index in [1.54, 1.807) is 28.9 Å². The minimum atomic E-state index is -0.975. The van der Waals surface area contributed by atoms with Crippen LogP contribution in [0.4, 0.5) is 10.1 Å². The molecule has 1 saturated carbocycles. The van der Waals surface area contributed by atoms with Crippen LogP contribution in [0.25, 0.3) is 16.9 Å². The number of ether oxygens (including phenoxy) is 1. The number of aliphatic hydroxyl groups is 2. The Hall–Kier alpha value is -4.02. The lowest BCUT2D eigenvalue weighted by atomic mass is 10.0. The number of anilines is 1. The Kier molecular flexibility index (Phi) is 6.53. The molecule has 5 rings (SSSR count). The van der Waals surface area contributed by atoms with Crippen LogP contribution >= 0.6 is 0 Å². The van der Waals surface area contributed by atoms with Gasteiger partial charge in [-0.25, -0.2) is 13.9 Å². The number of amides is 1. The van der Waals surface area contributed by atoms with Crippen molar-refractivity contribution in [3.8, 4) is 22.9 Å². The molecule has 1 amide bonds. The first-order valence-electron chi connectivity index (χ1n) is 11.7. The van der Waals surface area contributed by atoms with Gasteiger partial charge in [0.2, 0.25) is 5.88 Å². The number of aryl methyl sites for hydroxylation is 1. The van der Waals surface area contributed by atoms with Crippen molar-refractivity contribution in [3.63, 3.8) is 0 Å². The van der Waals surface area contributed by atoms with Gasteiger partial charge in [0, 0.05) is 35.8 Å². The Morgan fingerprint density at radius 3 is 2.81 bits per heavy atom.